The molecule has 0 fully saturated rings. The average molecular weight is 150 g/mol. The minimum atomic E-state index is 1.23. The van der Waals surface area contributed by atoms with Crippen molar-refractivity contribution in [3.8, 4) is 0 Å². The zero-order valence-electron chi connectivity index (χ0n) is 7.09. The lowest BCUT2D eigenvalue weighted by Gasteiger charge is -2.08. The number of quaternary nitrogens is 1. The van der Waals surface area contributed by atoms with Gasteiger partial charge in [-0.1, -0.05) is 6.92 Å². The van der Waals surface area contributed by atoms with Gasteiger partial charge in [-0.2, -0.15) is 0 Å². The van der Waals surface area contributed by atoms with Gasteiger partial charge in [-0.15, -0.1) is 0 Å². The molecule has 0 aromatic heterocycles. The van der Waals surface area contributed by atoms with Crippen LogP contribution in [0.4, 0.5) is 0 Å². The van der Waals surface area contributed by atoms with Crippen molar-refractivity contribution in [2.75, 3.05) is 6.54 Å². The van der Waals surface area contributed by atoms with Crippen LogP contribution in [0.15, 0.2) is 24.0 Å². The molecule has 1 aliphatic rings. The molecule has 0 saturated heterocycles. The topological polar surface area (TPSA) is 28.2 Å². The molecule has 1 heterocycles. The van der Waals surface area contributed by atoms with Crippen molar-refractivity contribution in [3.05, 3.63) is 30.6 Å². The number of hydrogen-bond donors (Lipinski definition) is 1. The highest BCUT2D eigenvalue weighted by atomic mass is 15.1. The maximum Gasteiger partial charge on any atom is 0.109 e. The summed E-state index contributed by atoms with van der Waals surface area (Å²) in [4.78, 5) is 1.51. The highest BCUT2D eigenvalue weighted by molar-refractivity contribution is 5.08. The molecule has 0 aliphatic carbocycles. The second-order valence-corrected chi connectivity index (χ2v) is 2.48. The van der Waals surface area contributed by atoms with Gasteiger partial charge in [0, 0.05) is 6.92 Å². The minimum Gasteiger partial charge on any atom is -0.512 e. The molecule has 0 amide bonds. The van der Waals surface area contributed by atoms with Crippen LogP contribution in [0, 0.1) is 11.8 Å². The summed E-state index contributed by atoms with van der Waals surface area (Å²) in [5, 5.41) is 6.25. The molecule has 1 atom stereocenters. The van der Waals surface area contributed by atoms with Crippen molar-refractivity contribution in [2.24, 2.45) is 0 Å². The fourth-order valence-electron chi connectivity index (χ4n) is 1.10. The van der Waals surface area contributed by atoms with E-state index in [2.05, 4.69) is 32.2 Å². The quantitative estimate of drug-likeness (QED) is 0.580. The predicted octanol–water partition coefficient (Wildman–Crippen LogP) is 0.809. The normalized spacial score (nSPS) is 20.4. The molecule has 1 rings (SSSR count). The molecule has 0 saturated carbocycles. The third kappa shape index (κ3) is 3.01. The summed E-state index contributed by atoms with van der Waals surface area (Å²) in [6, 6.07) is 0. The van der Waals surface area contributed by atoms with Crippen LogP contribution >= 0.6 is 0 Å². The van der Waals surface area contributed by atoms with E-state index >= 15 is 0 Å². The average Bonchev–Trinajstić information content (AvgIpc) is 2.42. The number of hydrogen-bond acceptors (Lipinski definition) is 1. The summed E-state index contributed by atoms with van der Waals surface area (Å²) < 4.78 is 0. The van der Waals surface area contributed by atoms with E-state index in [-0.39, 0.29) is 0 Å². The Morgan fingerprint density at radius 2 is 2.18 bits per heavy atom. The van der Waals surface area contributed by atoms with Crippen LogP contribution in [-0.2, 0) is 0 Å². The van der Waals surface area contributed by atoms with Gasteiger partial charge in [0.1, 0.15) is 5.70 Å². The molecule has 1 unspecified atom stereocenters. The summed E-state index contributed by atoms with van der Waals surface area (Å²) in [5.74, 6) is 0. The van der Waals surface area contributed by atoms with Crippen molar-refractivity contribution < 1.29 is 4.90 Å². The van der Waals surface area contributed by atoms with Gasteiger partial charge in [0.25, 0.3) is 0 Å². The SMILES string of the molecule is CCC[NH+]1C=CC=C1C.[C-]#N. The summed E-state index contributed by atoms with van der Waals surface area (Å²) in [7, 11) is 0. The first kappa shape index (κ1) is 9.93. The van der Waals surface area contributed by atoms with E-state index < -0.39 is 0 Å². The molecular weight excluding hydrogens is 136 g/mol. The van der Waals surface area contributed by atoms with Gasteiger partial charge in [0.15, 0.2) is 0 Å². The number of nitrogens with one attached hydrogen (secondary N) is 1. The van der Waals surface area contributed by atoms with Gasteiger partial charge in [0.05, 0.1) is 12.7 Å². The largest absolute Gasteiger partial charge is 0.512 e. The lowest BCUT2D eigenvalue weighted by Crippen LogP contribution is -3.04. The van der Waals surface area contributed by atoms with Crippen molar-refractivity contribution in [1.82, 2.24) is 0 Å². The van der Waals surface area contributed by atoms with E-state index in [0.717, 1.165) is 0 Å². The number of allylic oxidation sites excluding steroid dienone is 3. The Morgan fingerprint density at radius 1 is 1.55 bits per heavy atom. The van der Waals surface area contributed by atoms with Crippen LogP contribution in [0.1, 0.15) is 20.3 Å². The van der Waals surface area contributed by atoms with Gasteiger partial charge >= 0.3 is 0 Å². The summed E-state index contributed by atoms with van der Waals surface area (Å²) >= 11 is 0. The maximum atomic E-state index is 6.25. The number of rotatable bonds is 2. The minimum absolute atomic E-state index is 1.23. The molecular formula is C9H14N2. The second kappa shape index (κ2) is 5.70. The Balaban J connectivity index is 0.000000461. The van der Waals surface area contributed by atoms with Crippen LogP contribution in [-0.4, -0.2) is 6.54 Å². The zero-order chi connectivity index (χ0) is 8.69. The van der Waals surface area contributed by atoms with Gasteiger partial charge in [-0.3, -0.25) is 4.90 Å². The molecule has 0 spiro atoms. The molecule has 2 nitrogen and oxygen atoms in total. The molecule has 60 valence electrons. The third-order valence-corrected chi connectivity index (χ3v) is 1.67. The molecule has 1 N–H and O–H groups in total. The van der Waals surface area contributed by atoms with Gasteiger partial charge in [-0.05, 0) is 18.6 Å². The fraction of sp³-hybridized carbons (Fsp3) is 0.444. The Morgan fingerprint density at radius 3 is 2.55 bits per heavy atom. The first-order valence-corrected chi connectivity index (χ1v) is 3.78. The fourth-order valence-corrected chi connectivity index (χ4v) is 1.10. The lowest BCUT2D eigenvalue weighted by molar-refractivity contribution is -0.802. The second-order valence-electron chi connectivity index (χ2n) is 2.48. The molecule has 11 heavy (non-hydrogen) atoms. The molecule has 0 aromatic rings. The standard InChI is InChI=1S/C8H13N.CN/c1-3-6-9-7-4-5-8(9)2;1-2/h4-5,7H,3,6H2,1-2H3;/q;-1/p+1. The van der Waals surface area contributed by atoms with E-state index in [9.17, 15) is 0 Å². The van der Waals surface area contributed by atoms with Crippen LogP contribution < -0.4 is 4.90 Å². The van der Waals surface area contributed by atoms with Gasteiger partial charge in [-0.25, -0.2) is 0 Å². The monoisotopic (exact) mass is 150 g/mol. The highest BCUT2D eigenvalue weighted by Crippen LogP contribution is 1.88. The maximum absolute atomic E-state index is 6.25. The molecule has 0 aromatic carbocycles. The Bertz CT molecular complexity index is 177. The van der Waals surface area contributed by atoms with E-state index in [1.54, 1.807) is 0 Å². The smallest absolute Gasteiger partial charge is 0.109 e. The van der Waals surface area contributed by atoms with Gasteiger partial charge in [0.2, 0.25) is 0 Å². The van der Waals surface area contributed by atoms with Gasteiger partial charge < -0.3 is 11.8 Å². The van der Waals surface area contributed by atoms with E-state index in [4.69, 9.17) is 11.8 Å². The van der Waals surface area contributed by atoms with Crippen molar-refractivity contribution >= 4 is 0 Å². The third-order valence-electron chi connectivity index (χ3n) is 1.67. The molecule has 2 heteroatoms. The van der Waals surface area contributed by atoms with Crippen LogP contribution in [0.5, 0.6) is 0 Å². The molecule has 0 bridgehead atoms. The first-order valence-electron chi connectivity index (χ1n) is 3.78. The highest BCUT2D eigenvalue weighted by Gasteiger charge is 2.08. The van der Waals surface area contributed by atoms with E-state index in [1.807, 2.05) is 0 Å². The molecule has 1 aliphatic heterocycles. The Hall–Kier alpha value is -1.07. The number of nitrogens with zero attached hydrogens (tertiary/aromatic N) is 1. The zero-order valence-corrected chi connectivity index (χ0v) is 7.09. The summed E-state index contributed by atoms with van der Waals surface area (Å²) in [6.45, 7) is 10.4. The van der Waals surface area contributed by atoms with Crippen molar-refractivity contribution in [2.45, 2.75) is 20.3 Å². The van der Waals surface area contributed by atoms with Crippen molar-refractivity contribution in [3.63, 3.8) is 0 Å². The van der Waals surface area contributed by atoms with E-state index in [0.29, 0.717) is 0 Å². The van der Waals surface area contributed by atoms with Crippen LogP contribution in [0.3, 0.4) is 0 Å². The van der Waals surface area contributed by atoms with Crippen LogP contribution in [0.2, 0.25) is 0 Å². The van der Waals surface area contributed by atoms with Crippen LogP contribution in [0.25, 0.3) is 0 Å². The molecule has 0 radical (unpaired) electrons. The summed E-state index contributed by atoms with van der Waals surface area (Å²) in [5.41, 5.74) is 1.44. The van der Waals surface area contributed by atoms with Crippen molar-refractivity contribution in [1.29, 1.82) is 5.26 Å². The van der Waals surface area contributed by atoms with E-state index in [1.165, 1.54) is 23.6 Å². The first-order chi connectivity index (χ1) is 5.34. The Kier molecular flexibility index (Phi) is 5.14. The summed E-state index contributed by atoms with van der Waals surface area (Å²) in [6.07, 6.45) is 7.76. The predicted molar refractivity (Wildman–Crippen MR) is 44.0 cm³/mol. The Labute approximate surface area is 68.4 Å². The lowest BCUT2D eigenvalue weighted by atomic mass is 10.4.